The van der Waals surface area contributed by atoms with Crippen LogP contribution >= 0.6 is 11.3 Å². The molecule has 35 heavy (non-hydrogen) atoms. The van der Waals surface area contributed by atoms with Gasteiger partial charge < -0.3 is 26.2 Å². The zero-order chi connectivity index (χ0) is 24.0. The zero-order valence-corrected chi connectivity index (χ0v) is 20.1. The molecule has 182 valence electrons. The number of fused-ring (bicyclic) bond motifs is 1. The summed E-state index contributed by atoms with van der Waals surface area (Å²) in [6.45, 7) is 1.34. The molecule has 0 unspecified atom stereocenters. The second-order valence-electron chi connectivity index (χ2n) is 8.72. The van der Waals surface area contributed by atoms with Crippen LogP contribution in [0.2, 0.25) is 0 Å². The molecule has 0 radical (unpaired) electrons. The normalized spacial score (nSPS) is 18.0. The topological polar surface area (TPSA) is 128 Å². The van der Waals surface area contributed by atoms with Crippen molar-refractivity contribution in [3.63, 3.8) is 0 Å². The summed E-state index contributed by atoms with van der Waals surface area (Å²) >= 11 is 1.57. The number of rotatable bonds is 9. The van der Waals surface area contributed by atoms with Crippen LogP contribution in [0, 0.1) is 0 Å². The molecular formula is C25H29N7O2S. The number of pyridine rings is 1. The molecule has 1 aliphatic rings. The Hall–Kier alpha value is -3.18. The third kappa shape index (κ3) is 6.09. The predicted octanol–water partition coefficient (Wildman–Crippen LogP) is 3.69. The summed E-state index contributed by atoms with van der Waals surface area (Å²) in [5.41, 5.74) is 4.11. The van der Waals surface area contributed by atoms with Crippen LogP contribution in [-0.4, -0.2) is 55.4 Å². The van der Waals surface area contributed by atoms with E-state index in [9.17, 15) is 5.11 Å². The molecule has 1 saturated carbocycles. The fraction of sp³-hybridized carbons (Fsp3) is 0.360. The van der Waals surface area contributed by atoms with Crippen molar-refractivity contribution in [3.8, 4) is 11.1 Å². The van der Waals surface area contributed by atoms with E-state index in [1.807, 2.05) is 24.5 Å². The molecule has 0 saturated heterocycles. The van der Waals surface area contributed by atoms with Gasteiger partial charge in [0.15, 0.2) is 5.13 Å². The Morgan fingerprint density at radius 1 is 1.00 bits per heavy atom. The number of hydrogen-bond donors (Lipinski definition) is 5. The van der Waals surface area contributed by atoms with Gasteiger partial charge in [0, 0.05) is 43.3 Å². The number of anilines is 3. The van der Waals surface area contributed by atoms with Crippen LogP contribution in [0.3, 0.4) is 0 Å². The number of benzene rings is 1. The van der Waals surface area contributed by atoms with E-state index in [2.05, 4.69) is 49.1 Å². The molecule has 3 heterocycles. The average Bonchev–Trinajstić information content (AvgIpc) is 3.27. The number of hydrogen-bond acceptors (Lipinski definition) is 10. The van der Waals surface area contributed by atoms with Gasteiger partial charge in [0.25, 0.3) is 0 Å². The molecule has 1 aliphatic carbocycles. The molecule has 5 N–H and O–H groups in total. The maximum Gasteiger partial charge on any atom is 0.224 e. The molecule has 1 aromatic carbocycles. The van der Waals surface area contributed by atoms with E-state index in [-0.39, 0.29) is 18.8 Å². The zero-order valence-electron chi connectivity index (χ0n) is 19.3. The van der Waals surface area contributed by atoms with E-state index in [0.717, 1.165) is 57.7 Å². The average molecular weight is 492 g/mol. The lowest BCUT2D eigenvalue weighted by Crippen LogP contribution is -2.28. The molecule has 0 spiro atoms. The van der Waals surface area contributed by atoms with Crippen molar-refractivity contribution in [2.24, 2.45) is 0 Å². The highest BCUT2D eigenvalue weighted by Crippen LogP contribution is 2.32. The van der Waals surface area contributed by atoms with Crippen molar-refractivity contribution in [3.05, 3.63) is 54.5 Å². The number of aliphatic hydroxyl groups is 2. The lowest BCUT2D eigenvalue weighted by Gasteiger charge is -2.26. The third-order valence-corrected chi connectivity index (χ3v) is 6.99. The fourth-order valence-electron chi connectivity index (χ4n) is 4.22. The molecule has 0 amide bonds. The van der Waals surface area contributed by atoms with Crippen molar-refractivity contribution < 1.29 is 10.2 Å². The summed E-state index contributed by atoms with van der Waals surface area (Å²) in [5, 5.41) is 29.3. The Bertz CT molecular complexity index is 1270. The van der Waals surface area contributed by atoms with E-state index in [4.69, 9.17) is 10.1 Å². The van der Waals surface area contributed by atoms with Gasteiger partial charge in [-0.3, -0.25) is 4.98 Å². The Labute approximate surface area is 207 Å². The third-order valence-electron chi connectivity index (χ3n) is 6.05. The van der Waals surface area contributed by atoms with E-state index >= 15 is 0 Å². The number of nitrogens with one attached hydrogen (secondary N) is 3. The van der Waals surface area contributed by atoms with Gasteiger partial charge in [0.05, 0.1) is 22.9 Å². The monoisotopic (exact) mass is 491 g/mol. The number of aromatic nitrogens is 4. The van der Waals surface area contributed by atoms with Crippen LogP contribution in [0.15, 0.2) is 48.9 Å². The summed E-state index contributed by atoms with van der Waals surface area (Å²) in [4.78, 5) is 18.0. The fourth-order valence-corrected chi connectivity index (χ4v) is 5.13. The van der Waals surface area contributed by atoms with Gasteiger partial charge in [-0.15, -0.1) is 0 Å². The number of aliphatic hydroxyl groups excluding tert-OH is 2. The lowest BCUT2D eigenvalue weighted by atomic mass is 9.93. The van der Waals surface area contributed by atoms with Gasteiger partial charge in [-0.2, -0.15) is 4.98 Å². The summed E-state index contributed by atoms with van der Waals surface area (Å²) in [7, 11) is 0. The van der Waals surface area contributed by atoms with E-state index in [1.165, 1.54) is 0 Å². The van der Waals surface area contributed by atoms with Gasteiger partial charge in [0.2, 0.25) is 5.95 Å². The van der Waals surface area contributed by atoms with Crippen molar-refractivity contribution in [2.75, 3.05) is 23.8 Å². The SMILES string of the molecule is OCCNCc1cncc(-c2ccc3nc(Nc4ccnc(NC5CCC(O)CC5)n4)sc3c2)c1. The Balaban J connectivity index is 1.28. The summed E-state index contributed by atoms with van der Waals surface area (Å²) in [5.74, 6) is 1.27. The molecule has 0 aliphatic heterocycles. The van der Waals surface area contributed by atoms with Crippen molar-refractivity contribution >= 4 is 38.5 Å². The van der Waals surface area contributed by atoms with Gasteiger partial charge in [-0.1, -0.05) is 17.4 Å². The molecule has 10 heteroatoms. The first kappa shape index (κ1) is 23.6. The summed E-state index contributed by atoms with van der Waals surface area (Å²) in [6.07, 6.45) is 8.70. The van der Waals surface area contributed by atoms with E-state index in [1.54, 1.807) is 17.5 Å². The highest BCUT2D eigenvalue weighted by Gasteiger charge is 2.20. The largest absolute Gasteiger partial charge is 0.395 e. The van der Waals surface area contributed by atoms with Crippen LogP contribution in [0.4, 0.5) is 16.9 Å². The molecule has 0 bridgehead atoms. The van der Waals surface area contributed by atoms with Gasteiger partial charge >= 0.3 is 0 Å². The minimum atomic E-state index is -0.185. The second kappa shape index (κ2) is 11.0. The van der Waals surface area contributed by atoms with Gasteiger partial charge in [0.1, 0.15) is 5.82 Å². The molecule has 1 fully saturated rings. The highest BCUT2D eigenvalue weighted by molar-refractivity contribution is 7.22. The Morgan fingerprint density at radius 3 is 2.74 bits per heavy atom. The van der Waals surface area contributed by atoms with Crippen LogP contribution in [0.5, 0.6) is 0 Å². The van der Waals surface area contributed by atoms with Gasteiger partial charge in [-0.05, 0) is 61.1 Å². The van der Waals surface area contributed by atoms with Crippen LogP contribution in [0.25, 0.3) is 21.3 Å². The van der Waals surface area contributed by atoms with Crippen LogP contribution in [-0.2, 0) is 6.54 Å². The lowest BCUT2D eigenvalue weighted by molar-refractivity contribution is 0.126. The van der Waals surface area contributed by atoms with Gasteiger partial charge in [-0.25, -0.2) is 9.97 Å². The van der Waals surface area contributed by atoms with E-state index in [0.29, 0.717) is 24.9 Å². The smallest absolute Gasteiger partial charge is 0.224 e. The molecule has 9 nitrogen and oxygen atoms in total. The second-order valence-corrected chi connectivity index (χ2v) is 9.75. The molecular weight excluding hydrogens is 462 g/mol. The minimum absolute atomic E-state index is 0.115. The maximum atomic E-state index is 9.71. The minimum Gasteiger partial charge on any atom is -0.395 e. The van der Waals surface area contributed by atoms with Crippen molar-refractivity contribution in [2.45, 2.75) is 44.4 Å². The first-order valence-electron chi connectivity index (χ1n) is 11.9. The van der Waals surface area contributed by atoms with Crippen molar-refractivity contribution in [1.82, 2.24) is 25.3 Å². The summed E-state index contributed by atoms with van der Waals surface area (Å²) in [6, 6.07) is 10.4. The molecule has 0 atom stereocenters. The Kier molecular flexibility index (Phi) is 7.43. The highest BCUT2D eigenvalue weighted by atomic mass is 32.1. The molecule has 4 aromatic rings. The quantitative estimate of drug-likeness (QED) is 0.223. The molecule has 5 rings (SSSR count). The number of nitrogens with zero attached hydrogens (tertiary/aromatic N) is 4. The van der Waals surface area contributed by atoms with Crippen LogP contribution < -0.4 is 16.0 Å². The summed E-state index contributed by atoms with van der Waals surface area (Å²) < 4.78 is 1.07. The van der Waals surface area contributed by atoms with Crippen LogP contribution in [0.1, 0.15) is 31.2 Å². The first-order valence-corrected chi connectivity index (χ1v) is 12.7. The van der Waals surface area contributed by atoms with E-state index < -0.39 is 0 Å². The standard InChI is InChI=1S/C25H29N7O2S/c33-10-9-26-13-16-11-18(15-27-14-16)17-1-6-21-22(12-17)35-25(30-21)32-23-7-8-28-24(31-23)29-19-2-4-20(34)5-3-19/h1,6-8,11-12,14-15,19-20,26,33-34H,2-5,9-10,13H2,(H2,28,29,30,31,32). The maximum absolute atomic E-state index is 9.71. The first-order chi connectivity index (χ1) is 17.2. The Morgan fingerprint density at radius 2 is 1.89 bits per heavy atom. The van der Waals surface area contributed by atoms with Crippen molar-refractivity contribution in [1.29, 1.82) is 0 Å². The predicted molar refractivity (Wildman–Crippen MR) is 139 cm³/mol. The molecule has 3 aromatic heterocycles. The number of thiazole rings is 1.